The van der Waals surface area contributed by atoms with E-state index in [-0.39, 0.29) is 16.9 Å². The molecule has 2 N–H and O–H groups in total. The first-order valence-corrected chi connectivity index (χ1v) is 10.4. The molecule has 0 aliphatic carbocycles. The van der Waals surface area contributed by atoms with Gasteiger partial charge in [0.15, 0.2) is 10.9 Å². The van der Waals surface area contributed by atoms with E-state index in [0.717, 1.165) is 24.5 Å². The van der Waals surface area contributed by atoms with Crippen molar-refractivity contribution in [1.29, 1.82) is 0 Å². The minimum atomic E-state index is -0.253. The predicted molar refractivity (Wildman–Crippen MR) is 123 cm³/mol. The smallest absolute Gasteiger partial charge is 0.289 e. The van der Waals surface area contributed by atoms with Crippen LogP contribution in [0.2, 0.25) is 0 Å². The molecule has 2 heterocycles. The standard InChI is InChI=1S/C23H22N4O3S/c28-21(17-5-2-1-3-6-17)25-23(31)24-18-8-10-19(11-9-18)26-12-14-27(15-13-26)22(29)20-7-4-16-30-20/h1-11,16H,12-15H2,(H2,24,25,28,31). The zero-order chi connectivity index (χ0) is 21.6. The van der Waals surface area contributed by atoms with Crippen LogP contribution in [0.25, 0.3) is 0 Å². The van der Waals surface area contributed by atoms with E-state index in [1.165, 1.54) is 6.26 Å². The van der Waals surface area contributed by atoms with Gasteiger partial charge in [0.25, 0.3) is 11.8 Å². The van der Waals surface area contributed by atoms with Gasteiger partial charge in [0, 0.05) is 43.1 Å². The van der Waals surface area contributed by atoms with Gasteiger partial charge in [0.2, 0.25) is 0 Å². The fraction of sp³-hybridized carbons (Fsp3) is 0.174. The quantitative estimate of drug-likeness (QED) is 0.613. The maximum absolute atomic E-state index is 12.4. The summed E-state index contributed by atoms with van der Waals surface area (Å²) in [6, 6.07) is 20.1. The Bertz CT molecular complexity index is 1040. The highest BCUT2D eigenvalue weighted by Gasteiger charge is 2.23. The molecule has 2 amide bonds. The number of carbonyl (C=O) groups is 2. The SMILES string of the molecule is O=C(NC(=S)Nc1ccc(N2CCN(C(=O)c3ccco3)CC2)cc1)c1ccccc1. The van der Waals surface area contributed by atoms with Gasteiger partial charge in [-0.3, -0.25) is 14.9 Å². The van der Waals surface area contributed by atoms with E-state index in [4.69, 9.17) is 16.6 Å². The lowest BCUT2D eigenvalue weighted by Crippen LogP contribution is -2.48. The second-order valence-corrected chi connectivity index (χ2v) is 7.49. The van der Waals surface area contributed by atoms with Crippen molar-refractivity contribution in [2.45, 2.75) is 0 Å². The molecule has 4 rings (SSSR count). The second-order valence-electron chi connectivity index (χ2n) is 7.08. The van der Waals surface area contributed by atoms with Gasteiger partial charge in [0.1, 0.15) is 0 Å². The number of piperazine rings is 1. The maximum atomic E-state index is 12.4. The minimum Gasteiger partial charge on any atom is -0.459 e. The Morgan fingerprint density at radius 3 is 2.23 bits per heavy atom. The third kappa shape index (κ3) is 5.10. The Hall–Kier alpha value is -3.65. The van der Waals surface area contributed by atoms with Gasteiger partial charge in [-0.05, 0) is 60.7 Å². The molecule has 158 valence electrons. The van der Waals surface area contributed by atoms with E-state index in [1.54, 1.807) is 41.3 Å². The normalized spacial score (nSPS) is 13.5. The van der Waals surface area contributed by atoms with E-state index in [9.17, 15) is 9.59 Å². The van der Waals surface area contributed by atoms with Crippen LogP contribution in [0, 0.1) is 0 Å². The van der Waals surface area contributed by atoms with Crippen LogP contribution in [0.15, 0.2) is 77.4 Å². The molecular formula is C23H22N4O3S. The molecule has 0 spiro atoms. The van der Waals surface area contributed by atoms with Crippen LogP contribution >= 0.6 is 12.2 Å². The van der Waals surface area contributed by atoms with Crippen LogP contribution in [0.5, 0.6) is 0 Å². The largest absolute Gasteiger partial charge is 0.459 e. The zero-order valence-corrected chi connectivity index (χ0v) is 17.6. The average Bonchev–Trinajstić information content (AvgIpc) is 3.35. The summed E-state index contributed by atoms with van der Waals surface area (Å²) in [7, 11) is 0. The zero-order valence-electron chi connectivity index (χ0n) is 16.8. The van der Waals surface area contributed by atoms with E-state index < -0.39 is 0 Å². The number of amides is 2. The van der Waals surface area contributed by atoms with Crippen LogP contribution in [0.4, 0.5) is 11.4 Å². The van der Waals surface area contributed by atoms with Crippen molar-refractivity contribution >= 4 is 40.5 Å². The molecule has 0 radical (unpaired) electrons. The van der Waals surface area contributed by atoms with Crippen LogP contribution in [-0.4, -0.2) is 48.0 Å². The summed E-state index contributed by atoms with van der Waals surface area (Å²) < 4.78 is 5.21. The summed E-state index contributed by atoms with van der Waals surface area (Å²) in [5.74, 6) is 0.0474. The van der Waals surface area contributed by atoms with Gasteiger partial charge < -0.3 is 19.5 Å². The number of nitrogens with zero attached hydrogens (tertiary/aromatic N) is 2. The molecule has 0 unspecified atom stereocenters. The first kappa shape index (κ1) is 20.6. The van der Waals surface area contributed by atoms with Crippen molar-refractivity contribution < 1.29 is 14.0 Å². The van der Waals surface area contributed by atoms with Crippen LogP contribution in [-0.2, 0) is 0 Å². The number of carbonyl (C=O) groups excluding carboxylic acids is 2. The number of thiocarbonyl (C=S) groups is 1. The first-order valence-electron chi connectivity index (χ1n) is 9.95. The van der Waals surface area contributed by atoms with Gasteiger partial charge in [-0.15, -0.1) is 0 Å². The number of anilines is 2. The molecule has 3 aromatic rings. The maximum Gasteiger partial charge on any atom is 0.289 e. The lowest BCUT2D eigenvalue weighted by molar-refractivity contribution is 0.0714. The molecule has 1 aromatic heterocycles. The lowest BCUT2D eigenvalue weighted by Gasteiger charge is -2.35. The summed E-state index contributed by atoms with van der Waals surface area (Å²) in [4.78, 5) is 28.6. The van der Waals surface area contributed by atoms with Gasteiger partial charge in [-0.25, -0.2) is 0 Å². The number of benzene rings is 2. The lowest BCUT2D eigenvalue weighted by atomic mass is 10.2. The third-order valence-electron chi connectivity index (χ3n) is 5.05. The summed E-state index contributed by atoms with van der Waals surface area (Å²) >= 11 is 5.24. The van der Waals surface area contributed by atoms with Crippen molar-refractivity contribution in [2.75, 3.05) is 36.4 Å². The molecule has 0 atom stereocenters. The molecule has 0 bridgehead atoms. The number of hydrogen-bond donors (Lipinski definition) is 2. The Morgan fingerprint density at radius 1 is 0.871 bits per heavy atom. The summed E-state index contributed by atoms with van der Waals surface area (Å²) in [5, 5.41) is 5.95. The van der Waals surface area contributed by atoms with E-state index >= 15 is 0 Å². The third-order valence-corrected chi connectivity index (χ3v) is 5.26. The van der Waals surface area contributed by atoms with E-state index in [0.29, 0.717) is 24.4 Å². The van der Waals surface area contributed by atoms with Gasteiger partial charge in [0.05, 0.1) is 6.26 Å². The molecule has 1 fully saturated rings. The van der Waals surface area contributed by atoms with Gasteiger partial charge in [-0.1, -0.05) is 18.2 Å². The molecule has 7 nitrogen and oxygen atoms in total. The summed E-state index contributed by atoms with van der Waals surface area (Å²) in [6.07, 6.45) is 1.51. The highest BCUT2D eigenvalue weighted by Crippen LogP contribution is 2.20. The van der Waals surface area contributed by atoms with Crippen molar-refractivity contribution in [3.8, 4) is 0 Å². The number of hydrogen-bond acceptors (Lipinski definition) is 5. The highest BCUT2D eigenvalue weighted by molar-refractivity contribution is 7.80. The topological polar surface area (TPSA) is 77.8 Å². The van der Waals surface area contributed by atoms with Gasteiger partial charge >= 0.3 is 0 Å². The van der Waals surface area contributed by atoms with Crippen LogP contribution in [0.3, 0.4) is 0 Å². The monoisotopic (exact) mass is 434 g/mol. The predicted octanol–water partition coefficient (Wildman–Crippen LogP) is 3.37. The number of rotatable bonds is 4. The molecule has 0 saturated carbocycles. The Balaban J connectivity index is 1.28. The Kier molecular flexibility index (Phi) is 6.28. The Labute approximate surface area is 185 Å². The molecule has 1 aliphatic heterocycles. The minimum absolute atomic E-state index is 0.0738. The van der Waals surface area contributed by atoms with Crippen LogP contribution < -0.4 is 15.5 Å². The van der Waals surface area contributed by atoms with Crippen molar-refractivity contribution in [1.82, 2.24) is 10.2 Å². The molecule has 1 saturated heterocycles. The highest BCUT2D eigenvalue weighted by atomic mass is 32.1. The molecule has 2 aromatic carbocycles. The van der Waals surface area contributed by atoms with Crippen LogP contribution in [0.1, 0.15) is 20.9 Å². The fourth-order valence-corrected chi connectivity index (χ4v) is 3.62. The van der Waals surface area contributed by atoms with Crippen molar-refractivity contribution in [3.05, 3.63) is 84.3 Å². The average molecular weight is 435 g/mol. The van der Waals surface area contributed by atoms with E-state index in [2.05, 4.69) is 15.5 Å². The fourth-order valence-electron chi connectivity index (χ4n) is 3.41. The van der Waals surface area contributed by atoms with Crippen molar-refractivity contribution in [2.24, 2.45) is 0 Å². The Morgan fingerprint density at radius 2 is 1.58 bits per heavy atom. The summed E-state index contributed by atoms with van der Waals surface area (Å²) in [6.45, 7) is 2.75. The molecule has 1 aliphatic rings. The molecular weight excluding hydrogens is 412 g/mol. The first-order chi connectivity index (χ1) is 15.1. The number of furan rings is 1. The van der Waals surface area contributed by atoms with E-state index in [1.807, 2.05) is 30.3 Å². The number of nitrogens with one attached hydrogen (secondary N) is 2. The molecule has 8 heteroatoms. The molecule has 31 heavy (non-hydrogen) atoms. The second kappa shape index (κ2) is 9.44. The summed E-state index contributed by atoms with van der Waals surface area (Å²) in [5.41, 5.74) is 2.40. The van der Waals surface area contributed by atoms with Crippen molar-refractivity contribution in [3.63, 3.8) is 0 Å². The van der Waals surface area contributed by atoms with Gasteiger partial charge in [-0.2, -0.15) is 0 Å².